The van der Waals surface area contributed by atoms with Crippen molar-refractivity contribution in [2.75, 3.05) is 24.5 Å². The number of fused-ring (bicyclic) bond motifs is 1. The number of para-hydroxylation sites is 1. The van der Waals surface area contributed by atoms with Crippen LogP contribution in [0.3, 0.4) is 0 Å². The smallest absolute Gasteiger partial charge is 0.0407 e. The maximum Gasteiger partial charge on any atom is 0.0407 e. The van der Waals surface area contributed by atoms with Crippen LogP contribution >= 0.6 is 0 Å². The van der Waals surface area contributed by atoms with Crippen molar-refractivity contribution >= 4 is 5.69 Å². The molecule has 1 aromatic carbocycles. The van der Waals surface area contributed by atoms with Gasteiger partial charge in [0.1, 0.15) is 0 Å². The largest absolute Gasteiger partial charge is 0.367 e. The first-order valence-electron chi connectivity index (χ1n) is 6.75. The van der Waals surface area contributed by atoms with Crippen LogP contribution in [0.25, 0.3) is 0 Å². The number of benzene rings is 1. The van der Waals surface area contributed by atoms with Crippen LogP contribution in [0.2, 0.25) is 0 Å². The van der Waals surface area contributed by atoms with E-state index in [1.165, 1.54) is 43.7 Å². The summed E-state index contributed by atoms with van der Waals surface area (Å²) in [5, 5.41) is 3.46. The van der Waals surface area contributed by atoms with E-state index in [1.807, 2.05) is 0 Å². The summed E-state index contributed by atoms with van der Waals surface area (Å²) < 4.78 is 0. The van der Waals surface area contributed by atoms with Crippen LogP contribution in [0.15, 0.2) is 24.3 Å². The molecular formula is C15H22N2. The summed E-state index contributed by atoms with van der Waals surface area (Å²) in [6, 6.07) is 9.68. The molecule has 3 rings (SSSR count). The molecule has 17 heavy (non-hydrogen) atoms. The number of nitrogens with zero attached hydrogens (tertiary/aromatic N) is 1. The van der Waals surface area contributed by atoms with E-state index in [0.29, 0.717) is 5.41 Å². The van der Waals surface area contributed by atoms with Crippen LogP contribution in [0.4, 0.5) is 5.69 Å². The topological polar surface area (TPSA) is 15.3 Å². The standard InChI is InChI=1S/C15H22N2/c1-15(2)11-17(12-7-9-16-10-8-12)14-6-4-3-5-13(14)15/h3-6,12,16H,7-11H2,1-2H3. The van der Waals surface area contributed by atoms with Gasteiger partial charge in [-0.3, -0.25) is 0 Å². The molecule has 2 heteroatoms. The summed E-state index contributed by atoms with van der Waals surface area (Å²) in [6.07, 6.45) is 2.56. The Bertz CT molecular complexity index is 405. The van der Waals surface area contributed by atoms with Crippen molar-refractivity contribution in [2.24, 2.45) is 0 Å². The normalized spacial score (nSPS) is 23.8. The van der Waals surface area contributed by atoms with Crippen molar-refractivity contribution in [3.63, 3.8) is 0 Å². The van der Waals surface area contributed by atoms with E-state index >= 15 is 0 Å². The minimum absolute atomic E-state index is 0.307. The highest BCUT2D eigenvalue weighted by Crippen LogP contribution is 2.42. The maximum absolute atomic E-state index is 3.46. The van der Waals surface area contributed by atoms with Crippen LogP contribution in [-0.4, -0.2) is 25.7 Å². The molecule has 0 unspecified atom stereocenters. The number of piperidine rings is 1. The van der Waals surface area contributed by atoms with Crippen LogP contribution < -0.4 is 10.2 Å². The van der Waals surface area contributed by atoms with Crippen LogP contribution in [0, 0.1) is 0 Å². The molecule has 0 amide bonds. The Balaban J connectivity index is 1.93. The van der Waals surface area contributed by atoms with Crippen molar-refractivity contribution in [3.8, 4) is 0 Å². The maximum atomic E-state index is 3.46. The number of nitrogens with one attached hydrogen (secondary N) is 1. The third-order valence-corrected chi connectivity index (χ3v) is 4.26. The Morgan fingerprint density at radius 1 is 1.18 bits per heavy atom. The Hall–Kier alpha value is -1.02. The Morgan fingerprint density at radius 3 is 2.65 bits per heavy atom. The first-order valence-corrected chi connectivity index (χ1v) is 6.75. The lowest BCUT2D eigenvalue weighted by Gasteiger charge is -2.34. The second-order valence-electron chi connectivity index (χ2n) is 6.01. The van der Waals surface area contributed by atoms with Crippen molar-refractivity contribution in [2.45, 2.75) is 38.1 Å². The molecule has 1 aromatic rings. The lowest BCUT2D eigenvalue weighted by atomic mass is 9.87. The van der Waals surface area contributed by atoms with Crippen LogP contribution in [0.5, 0.6) is 0 Å². The number of hydrogen-bond acceptors (Lipinski definition) is 2. The number of hydrogen-bond donors (Lipinski definition) is 1. The molecule has 0 spiro atoms. The predicted octanol–water partition coefficient (Wildman–Crippen LogP) is 2.54. The summed E-state index contributed by atoms with van der Waals surface area (Å²) in [6.45, 7) is 8.25. The highest BCUT2D eigenvalue weighted by atomic mass is 15.2. The van der Waals surface area contributed by atoms with Gasteiger partial charge in [-0.25, -0.2) is 0 Å². The minimum atomic E-state index is 0.307. The van der Waals surface area contributed by atoms with Crippen molar-refractivity contribution in [1.29, 1.82) is 0 Å². The summed E-state index contributed by atoms with van der Waals surface area (Å²) in [4.78, 5) is 2.65. The van der Waals surface area contributed by atoms with E-state index in [9.17, 15) is 0 Å². The van der Waals surface area contributed by atoms with E-state index in [0.717, 1.165) is 6.04 Å². The van der Waals surface area contributed by atoms with Gasteiger partial charge in [-0.15, -0.1) is 0 Å². The SMILES string of the molecule is CC1(C)CN(C2CCNCC2)c2ccccc21. The van der Waals surface area contributed by atoms with E-state index in [2.05, 4.69) is 48.3 Å². The summed E-state index contributed by atoms with van der Waals surface area (Å²) in [5.74, 6) is 0. The van der Waals surface area contributed by atoms with Crippen molar-refractivity contribution in [3.05, 3.63) is 29.8 Å². The molecule has 0 bridgehead atoms. The summed E-state index contributed by atoms with van der Waals surface area (Å²) >= 11 is 0. The molecule has 2 nitrogen and oxygen atoms in total. The molecule has 0 saturated carbocycles. The number of rotatable bonds is 1. The first kappa shape index (κ1) is 11.1. The van der Waals surface area contributed by atoms with E-state index in [1.54, 1.807) is 0 Å². The Morgan fingerprint density at radius 2 is 1.88 bits per heavy atom. The van der Waals surface area contributed by atoms with E-state index in [4.69, 9.17) is 0 Å². The molecule has 0 aromatic heterocycles. The molecule has 1 N–H and O–H groups in total. The zero-order chi connectivity index (χ0) is 11.9. The molecule has 1 saturated heterocycles. The van der Waals surface area contributed by atoms with Crippen LogP contribution in [-0.2, 0) is 5.41 Å². The highest BCUT2D eigenvalue weighted by Gasteiger charge is 2.37. The highest BCUT2D eigenvalue weighted by molar-refractivity contribution is 5.62. The molecule has 2 aliphatic heterocycles. The molecule has 0 atom stereocenters. The first-order chi connectivity index (χ1) is 8.18. The Labute approximate surface area is 104 Å². The Kier molecular flexibility index (Phi) is 2.62. The lowest BCUT2D eigenvalue weighted by molar-refractivity contribution is 0.415. The van der Waals surface area contributed by atoms with E-state index < -0.39 is 0 Å². The fourth-order valence-corrected chi connectivity index (χ4v) is 3.34. The fourth-order valence-electron chi connectivity index (χ4n) is 3.34. The van der Waals surface area contributed by atoms with Gasteiger partial charge in [0.2, 0.25) is 0 Å². The lowest BCUT2D eigenvalue weighted by Crippen LogP contribution is -2.44. The van der Waals surface area contributed by atoms with Gasteiger partial charge in [0.25, 0.3) is 0 Å². The fraction of sp³-hybridized carbons (Fsp3) is 0.600. The third-order valence-electron chi connectivity index (χ3n) is 4.26. The van der Waals surface area contributed by atoms with Gasteiger partial charge in [-0.1, -0.05) is 32.0 Å². The number of anilines is 1. The predicted molar refractivity (Wildman–Crippen MR) is 72.7 cm³/mol. The van der Waals surface area contributed by atoms with Gasteiger partial charge >= 0.3 is 0 Å². The third kappa shape index (κ3) is 1.85. The van der Waals surface area contributed by atoms with Crippen LogP contribution in [0.1, 0.15) is 32.3 Å². The summed E-state index contributed by atoms with van der Waals surface area (Å²) in [7, 11) is 0. The van der Waals surface area contributed by atoms with Gasteiger partial charge in [0, 0.05) is 23.7 Å². The van der Waals surface area contributed by atoms with Gasteiger partial charge in [0.05, 0.1) is 0 Å². The minimum Gasteiger partial charge on any atom is -0.367 e. The molecule has 92 valence electrons. The van der Waals surface area contributed by atoms with Crippen molar-refractivity contribution in [1.82, 2.24) is 5.32 Å². The molecule has 2 heterocycles. The second kappa shape index (κ2) is 4.02. The molecular weight excluding hydrogens is 208 g/mol. The second-order valence-corrected chi connectivity index (χ2v) is 6.01. The average molecular weight is 230 g/mol. The zero-order valence-electron chi connectivity index (χ0n) is 10.9. The van der Waals surface area contributed by atoms with Gasteiger partial charge < -0.3 is 10.2 Å². The molecule has 0 radical (unpaired) electrons. The van der Waals surface area contributed by atoms with Gasteiger partial charge in [-0.05, 0) is 37.6 Å². The molecule has 1 fully saturated rings. The molecule has 0 aliphatic carbocycles. The quantitative estimate of drug-likeness (QED) is 0.797. The average Bonchev–Trinajstić information content (AvgIpc) is 2.64. The van der Waals surface area contributed by atoms with Crippen molar-refractivity contribution < 1.29 is 0 Å². The van der Waals surface area contributed by atoms with E-state index in [-0.39, 0.29) is 0 Å². The van der Waals surface area contributed by atoms with Gasteiger partial charge in [0.15, 0.2) is 0 Å². The molecule has 2 aliphatic rings. The monoisotopic (exact) mass is 230 g/mol. The zero-order valence-corrected chi connectivity index (χ0v) is 10.9. The van der Waals surface area contributed by atoms with Gasteiger partial charge in [-0.2, -0.15) is 0 Å². The summed E-state index contributed by atoms with van der Waals surface area (Å²) in [5.41, 5.74) is 3.31.